The van der Waals surface area contributed by atoms with E-state index < -0.39 is 0 Å². The molecule has 0 N–H and O–H groups in total. The highest BCUT2D eigenvalue weighted by Gasteiger charge is 2.09. The minimum Gasteiger partial charge on any atom is -0.378 e. The fourth-order valence-corrected chi connectivity index (χ4v) is 4.38. The van der Waals surface area contributed by atoms with Crippen LogP contribution in [0.1, 0.15) is 116 Å². The molecule has 32 heavy (non-hydrogen) atoms. The highest BCUT2D eigenvalue weighted by atomic mass is 79.9. The lowest BCUT2D eigenvalue weighted by Crippen LogP contribution is -2.14. The van der Waals surface area contributed by atoms with Crippen LogP contribution in [0.25, 0.3) is 0 Å². The van der Waals surface area contributed by atoms with E-state index in [1.807, 2.05) is 30.3 Å². The molecule has 0 radical (unpaired) electrons. The number of rotatable bonds is 23. The number of hydrogen-bond acceptors (Lipinski definition) is 3. The first kappa shape index (κ1) is 29.3. The quantitative estimate of drug-likeness (QED) is 0.0821. The van der Waals surface area contributed by atoms with E-state index in [-0.39, 0.29) is 0 Å². The molecular weight excluding hydrogens is 460 g/mol. The molecule has 0 aliphatic carbocycles. The average Bonchev–Trinajstić information content (AvgIpc) is 2.82. The van der Waals surface area contributed by atoms with Crippen LogP contribution in [0.3, 0.4) is 0 Å². The van der Waals surface area contributed by atoms with Crippen LogP contribution in [0.2, 0.25) is 0 Å². The van der Waals surface area contributed by atoms with Gasteiger partial charge >= 0.3 is 0 Å². The molecule has 0 saturated heterocycles. The molecule has 0 aromatic heterocycles. The zero-order valence-electron chi connectivity index (χ0n) is 20.8. The van der Waals surface area contributed by atoms with Gasteiger partial charge in [-0.1, -0.05) is 118 Å². The van der Waals surface area contributed by atoms with Gasteiger partial charge in [-0.2, -0.15) is 10.2 Å². The number of unbranched alkanes of at least 4 members (excludes halogenated alkanes) is 12. The van der Waals surface area contributed by atoms with Crippen LogP contribution in [-0.4, -0.2) is 24.6 Å². The van der Waals surface area contributed by atoms with E-state index in [0.717, 1.165) is 37.0 Å². The van der Waals surface area contributed by atoms with Gasteiger partial charge in [0.1, 0.15) is 0 Å². The summed E-state index contributed by atoms with van der Waals surface area (Å²) < 4.78 is 6.32. The van der Waals surface area contributed by atoms with Gasteiger partial charge in [-0.15, -0.1) is 0 Å². The Morgan fingerprint density at radius 2 is 1.31 bits per heavy atom. The van der Waals surface area contributed by atoms with Crippen molar-refractivity contribution in [2.45, 2.75) is 122 Å². The first-order valence-corrected chi connectivity index (χ1v) is 14.6. The third kappa shape index (κ3) is 18.8. The fraction of sp³-hybridized carbons (Fsp3) is 0.786. The minimum atomic E-state index is 0.400. The molecule has 4 heteroatoms. The molecule has 0 bridgehead atoms. The molecule has 0 saturated carbocycles. The van der Waals surface area contributed by atoms with E-state index in [0.29, 0.717) is 6.10 Å². The van der Waals surface area contributed by atoms with Crippen molar-refractivity contribution in [3.8, 4) is 0 Å². The predicted molar refractivity (Wildman–Crippen MR) is 144 cm³/mol. The largest absolute Gasteiger partial charge is 0.378 e. The first-order chi connectivity index (χ1) is 15.9. The molecule has 0 spiro atoms. The Kier molecular flexibility index (Phi) is 21.4. The smallest absolute Gasteiger partial charge is 0.0852 e. The normalized spacial score (nSPS) is 12.6. The maximum absolute atomic E-state index is 6.32. The third-order valence-electron chi connectivity index (χ3n) is 5.99. The summed E-state index contributed by atoms with van der Waals surface area (Å²) in [5.41, 5.74) is 0.940. The molecular formula is C28H49BrN2O. The molecule has 3 nitrogen and oxygen atoms in total. The summed E-state index contributed by atoms with van der Waals surface area (Å²) in [6, 6.07) is 10.0. The molecule has 0 aliphatic rings. The predicted octanol–water partition coefficient (Wildman–Crippen LogP) is 10.2. The standard InChI is InChI=1S/C28H49BrN2O/c1-2-3-4-5-10-16-22-28(23-19-25-30-31-27-20-14-13-15-21-27)32-26-18-12-9-7-6-8-11-17-24-29/h13-15,20-21,28H,2-12,16-19,22-26H2,1H3. The number of nitrogens with zero attached hydrogens (tertiary/aromatic N) is 2. The highest BCUT2D eigenvalue weighted by molar-refractivity contribution is 9.09. The number of ether oxygens (including phenoxy) is 1. The summed E-state index contributed by atoms with van der Waals surface area (Å²) in [6.07, 6.45) is 22.6. The fourth-order valence-electron chi connectivity index (χ4n) is 3.99. The van der Waals surface area contributed by atoms with Crippen LogP contribution >= 0.6 is 15.9 Å². The summed E-state index contributed by atoms with van der Waals surface area (Å²) in [6.45, 7) is 4.00. The molecule has 1 aromatic rings. The van der Waals surface area contributed by atoms with Crippen molar-refractivity contribution < 1.29 is 4.74 Å². The van der Waals surface area contributed by atoms with E-state index in [1.165, 1.54) is 96.3 Å². The van der Waals surface area contributed by atoms with Crippen molar-refractivity contribution in [1.82, 2.24) is 0 Å². The third-order valence-corrected chi connectivity index (χ3v) is 6.55. The first-order valence-electron chi connectivity index (χ1n) is 13.5. The summed E-state index contributed by atoms with van der Waals surface area (Å²) in [5, 5.41) is 9.84. The second-order valence-electron chi connectivity index (χ2n) is 9.01. The molecule has 1 unspecified atom stereocenters. The summed E-state index contributed by atoms with van der Waals surface area (Å²) in [5.74, 6) is 0. The van der Waals surface area contributed by atoms with Gasteiger partial charge in [0, 0.05) is 11.9 Å². The molecule has 1 rings (SSSR count). The number of alkyl halides is 1. The highest BCUT2D eigenvalue weighted by Crippen LogP contribution is 2.16. The van der Waals surface area contributed by atoms with Gasteiger partial charge in [-0.25, -0.2) is 0 Å². The van der Waals surface area contributed by atoms with Crippen molar-refractivity contribution in [1.29, 1.82) is 0 Å². The lowest BCUT2D eigenvalue weighted by Gasteiger charge is -2.17. The number of hydrogen-bond donors (Lipinski definition) is 0. The molecule has 0 aliphatic heterocycles. The Labute approximate surface area is 207 Å². The second kappa shape index (κ2) is 23.4. The van der Waals surface area contributed by atoms with Crippen LogP contribution in [-0.2, 0) is 4.74 Å². The van der Waals surface area contributed by atoms with E-state index in [4.69, 9.17) is 4.74 Å². The van der Waals surface area contributed by atoms with Crippen LogP contribution in [0.4, 0.5) is 5.69 Å². The Bertz CT molecular complexity index is 523. The Morgan fingerprint density at radius 3 is 2.00 bits per heavy atom. The minimum absolute atomic E-state index is 0.400. The van der Waals surface area contributed by atoms with Gasteiger partial charge in [-0.05, 0) is 44.2 Å². The average molecular weight is 510 g/mol. The second-order valence-corrected chi connectivity index (χ2v) is 9.80. The van der Waals surface area contributed by atoms with Gasteiger partial charge in [0.25, 0.3) is 0 Å². The van der Waals surface area contributed by atoms with Gasteiger partial charge in [0.05, 0.1) is 18.3 Å². The van der Waals surface area contributed by atoms with Crippen LogP contribution in [0, 0.1) is 0 Å². The van der Waals surface area contributed by atoms with Gasteiger partial charge in [0.2, 0.25) is 0 Å². The van der Waals surface area contributed by atoms with Crippen LogP contribution in [0.15, 0.2) is 40.6 Å². The maximum atomic E-state index is 6.32. The lowest BCUT2D eigenvalue weighted by molar-refractivity contribution is 0.0365. The zero-order chi connectivity index (χ0) is 23.0. The molecule has 184 valence electrons. The van der Waals surface area contributed by atoms with E-state index >= 15 is 0 Å². The van der Waals surface area contributed by atoms with E-state index in [9.17, 15) is 0 Å². The molecule has 1 atom stereocenters. The summed E-state index contributed by atoms with van der Waals surface area (Å²) in [4.78, 5) is 0. The van der Waals surface area contributed by atoms with Gasteiger partial charge in [0.15, 0.2) is 0 Å². The van der Waals surface area contributed by atoms with Gasteiger partial charge < -0.3 is 4.74 Å². The van der Waals surface area contributed by atoms with Crippen molar-refractivity contribution in [2.75, 3.05) is 18.5 Å². The lowest BCUT2D eigenvalue weighted by atomic mass is 10.0. The van der Waals surface area contributed by atoms with Gasteiger partial charge in [-0.3, -0.25) is 0 Å². The van der Waals surface area contributed by atoms with E-state index in [2.05, 4.69) is 33.1 Å². The Hall–Kier alpha value is -0.740. The topological polar surface area (TPSA) is 34.0 Å². The summed E-state index contributed by atoms with van der Waals surface area (Å²) >= 11 is 3.51. The van der Waals surface area contributed by atoms with Crippen LogP contribution in [0.5, 0.6) is 0 Å². The van der Waals surface area contributed by atoms with Crippen molar-refractivity contribution in [2.24, 2.45) is 10.2 Å². The molecule has 0 amide bonds. The van der Waals surface area contributed by atoms with Crippen molar-refractivity contribution in [3.05, 3.63) is 30.3 Å². The Morgan fingerprint density at radius 1 is 0.719 bits per heavy atom. The zero-order valence-corrected chi connectivity index (χ0v) is 22.4. The Balaban J connectivity index is 2.16. The molecule has 0 fully saturated rings. The monoisotopic (exact) mass is 508 g/mol. The van der Waals surface area contributed by atoms with Crippen molar-refractivity contribution in [3.63, 3.8) is 0 Å². The maximum Gasteiger partial charge on any atom is 0.0852 e. The molecule has 0 heterocycles. The molecule has 1 aromatic carbocycles. The number of halogens is 1. The number of benzene rings is 1. The summed E-state index contributed by atoms with van der Waals surface area (Å²) in [7, 11) is 0. The number of azo groups is 1. The van der Waals surface area contributed by atoms with Crippen molar-refractivity contribution >= 4 is 21.6 Å². The van der Waals surface area contributed by atoms with Crippen LogP contribution < -0.4 is 0 Å². The SMILES string of the molecule is CCCCCCCCC(CCCN=Nc1ccccc1)OCCCCCCCCCCBr. The van der Waals surface area contributed by atoms with E-state index in [1.54, 1.807) is 0 Å².